The monoisotopic (exact) mass is 314 g/mol. The van der Waals surface area contributed by atoms with Crippen LogP contribution in [0.5, 0.6) is 11.5 Å². The van der Waals surface area contributed by atoms with Crippen molar-refractivity contribution in [3.05, 3.63) is 58.7 Å². The van der Waals surface area contributed by atoms with E-state index in [0.717, 1.165) is 0 Å². The van der Waals surface area contributed by atoms with Crippen molar-refractivity contribution < 1.29 is 23.0 Å². The molecule has 0 aliphatic carbocycles. The van der Waals surface area contributed by atoms with Crippen molar-refractivity contribution in [2.24, 2.45) is 0 Å². The lowest BCUT2D eigenvalue weighted by Gasteiger charge is -2.10. The van der Waals surface area contributed by atoms with Crippen molar-refractivity contribution in [2.45, 2.75) is 0 Å². The van der Waals surface area contributed by atoms with Gasteiger partial charge in [0.05, 0.1) is 12.7 Å². The number of esters is 1. The highest BCUT2D eigenvalue weighted by molar-refractivity contribution is 5.89. The van der Waals surface area contributed by atoms with Crippen LogP contribution in [0.15, 0.2) is 30.3 Å². The number of nitriles is 2. The molecule has 2 aromatic rings. The standard InChI is InChI=1S/C16H8F2N2O3/c1-22-16(21)9-3-2-4-10(5-9)23-14-6-13(17)11(7-19)12(8-20)15(14)18/h2-6H,1H3. The first-order valence-corrected chi connectivity index (χ1v) is 6.20. The van der Waals surface area contributed by atoms with E-state index < -0.39 is 34.5 Å². The van der Waals surface area contributed by atoms with E-state index in [0.29, 0.717) is 6.07 Å². The average Bonchev–Trinajstić information content (AvgIpc) is 2.56. The molecule has 0 saturated heterocycles. The molecule has 0 unspecified atom stereocenters. The van der Waals surface area contributed by atoms with Gasteiger partial charge >= 0.3 is 5.97 Å². The molecule has 0 N–H and O–H groups in total. The van der Waals surface area contributed by atoms with E-state index in [1.165, 1.54) is 43.5 Å². The molecule has 0 amide bonds. The van der Waals surface area contributed by atoms with E-state index in [2.05, 4.69) is 4.74 Å². The molecule has 0 aliphatic rings. The molecule has 0 heterocycles. The van der Waals surface area contributed by atoms with Crippen LogP contribution in [-0.4, -0.2) is 13.1 Å². The molecule has 7 heteroatoms. The molecule has 23 heavy (non-hydrogen) atoms. The van der Waals surface area contributed by atoms with Crippen LogP contribution < -0.4 is 4.74 Å². The van der Waals surface area contributed by atoms with E-state index >= 15 is 0 Å². The number of rotatable bonds is 3. The van der Waals surface area contributed by atoms with Gasteiger partial charge < -0.3 is 9.47 Å². The molecule has 0 radical (unpaired) electrons. The van der Waals surface area contributed by atoms with E-state index in [4.69, 9.17) is 15.3 Å². The van der Waals surface area contributed by atoms with Crippen molar-refractivity contribution in [3.63, 3.8) is 0 Å². The Kier molecular flexibility index (Phi) is 4.53. The van der Waals surface area contributed by atoms with Gasteiger partial charge in [-0.3, -0.25) is 0 Å². The zero-order chi connectivity index (χ0) is 17.0. The molecular formula is C16H8F2N2O3. The molecule has 0 atom stereocenters. The summed E-state index contributed by atoms with van der Waals surface area (Å²) in [6.45, 7) is 0. The maximum absolute atomic E-state index is 14.2. The van der Waals surface area contributed by atoms with Crippen LogP contribution in [0.3, 0.4) is 0 Å². The fraction of sp³-hybridized carbons (Fsp3) is 0.0625. The number of ether oxygens (including phenoxy) is 2. The van der Waals surface area contributed by atoms with Crippen molar-refractivity contribution in [1.29, 1.82) is 10.5 Å². The number of carbonyl (C=O) groups is 1. The molecule has 0 saturated carbocycles. The number of benzene rings is 2. The Bertz CT molecular complexity index is 867. The van der Waals surface area contributed by atoms with Gasteiger partial charge in [-0.05, 0) is 18.2 Å². The lowest BCUT2D eigenvalue weighted by Crippen LogP contribution is -2.02. The number of halogens is 2. The van der Waals surface area contributed by atoms with Crippen molar-refractivity contribution in [2.75, 3.05) is 7.11 Å². The van der Waals surface area contributed by atoms with Gasteiger partial charge in [-0.25, -0.2) is 13.6 Å². The first-order valence-electron chi connectivity index (χ1n) is 6.20. The summed E-state index contributed by atoms with van der Waals surface area (Å²) in [5.41, 5.74) is -1.28. The summed E-state index contributed by atoms with van der Waals surface area (Å²) in [5.74, 6) is -3.39. The Balaban J connectivity index is 2.46. The van der Waals surface area contributed by atoms with Gasteiger partial charge in [0.15, 0.2) is 11.6 Å². The molecule has 0 fully saturated rings. The Labute approximate surface area is 129 Å². The van der Waals surface area contributed by atoms with Crippen LogP contribution in [0.2, 0.25) is 0 Å². The molecule has 2 aromatic carbocycles. The Morgan fingerprint density at radius 2 is 1.83 bits per heavy atom. The summed E-state index contributed by atoms with van der Waals surface area (Å²) < 4.78 is 37.6. The quantitative estimate of drug-likeness (QED) is 0.812. The third-order valence-corrected chi connectivity index (χ3v) is 2.89. The maximum Gasteiger partial charge on any atom is 0.337 e. The third kappa shape index (κ3) is 3.09. The van der Waals surface area contributed by atoms with E-state index in [1.54, 1.807) is 0 Å². The average molecular weight is 314 g/mol. The van der Waals surface area contributed by atoms with Gasteiger partial charge in [0, 0.05) is 6.07 Å². The van der Waals surface area contributed by atoms with Crippen LogP contribution >= 0.6 is 0 Å². The van der Waals surface area contributed by atoms with Gasteiger partial charge in [0.1, 0.15) is 34.8 Å². The van der Waals surface area contributed by atoms with Crippen LogP contribution in [0.25, 0.3) is 0 Å². The topological polar surface area (TPSA) is 83.1 Å². The van der Waals surface area contributed by atoms with Crippen LogP contribution in [0.1, 0.15) is 21.5 Å². The summed E-state index contributed by atoms with van der Waals surface area (Å²) in [4.78, 5) is 11.4. The number of carbonyl (C=O) groups excluding carboxylic acids is 1. The third-order valence-electron chi connectivity index (χ3n) is 2.89. The second-order valence-corrected chi connectivity index (χ2v) is 4.27. The molecule has 114 valence electrons. The minimum absolute atomic E-state index is 0.0415. The second kappa shape index (κ2) is 6.54. The smallest absolute Gasteiger partial charge is 0.337 e. The predicted octanol–water partition coefficient (Wildman–Crippen LogP) is 3.29. The number of hydrogen-bond acceptors (Lipinski definition) is 5. The molecule has 0 aliphatic heterocycles. The highest BCUT2D eigenvalue weighted by Crippen LogP contribution is 2.30. The lowest BCUT2D eigenvalue weighted by molar-refractivity contribution is 0.0600. The van der Waals surface area contributed by atoms with E-state index in [1.807, 2.05) is 0 Å². The van der Waals surface area contributed by atoms with Gasteiger partial charge in [-0.2, -0.15) is 10.5 Å². The van der Waals surface area contributed by atoms with Crippen LogP contribution in [-0.2, 0) is 4.74 Å². The van der Waals surface area contributed by atoms with E-state index in [-0.39, 0.29) is 11.3 Å². The van der Waals surface area contributed by atoms with Gasteiger partial charge in [-0.1, -0.05) is 6.07 Å². The summed E-state index contributed by atoms with van der Waals surface area (Å²) >= 11 is 0. The van der Waals surface area contributed by atoms with Gasteiger partial charge in [0.25, 0.3) is 0 Å². The predicted molar refractivity (Wildman–Crippen MR) is 73.6 cm³/mol. The zero-order valence-corrected chi connectivity index (χ0v) is 11.8. The largest absolute Gasteiger partial charge is 0.465 e. The first kappa shape index (κ1) is 15.9. The Morgan fingerprint density at radius 3 is 2.43 bits per heavy atom. The van der Waals surface area contributed by atoms with Crippen LogP contribution in [0.4, 0.5) is 8.78 Å². The molecule has 0 spiro atoms. The summed E-state index contributed by atoms with van der Waals surface area (Å²) in [7, 11) is 1.20. The number of methoxy groups -OCH3 is 1. The SMILES string of the molecule is COC(=O)c1cccc(Oc2cc(F)c(C#N)c(C#N)c2F)c1. The normalized spacial score (nSPS) is 9.61. The highest BCUT2D eigenvalue weighted by atomic mass is 19.1. The van der Waals surface area contributed by atoms with Crippen molar-refractivity contribution >= 4 is 5.97 Å². The fourth-order valence-electron chi connectivity index (χ4n) is 1.82. The van der Waals surface area contributed by atoms with Gasteiger partial charge in [-0.15, -0.1) is 0 Å². The summed E-state index contributed by atoms with van der Waals surface area (Å²) in [6, 6.07) is 9.12. The summed E-state index contributed by atoms with van der Waals surface area (Å²) in [6.07, 6.45) is 0. The van der Waals surface area contributed by atoms with Gasteiger partial charge in [0.2, 0.25) is 0 Å². The van der Waals surface area contributed by atoms with E-state index in [9.17, 15) is 13.6 Å². The van der Waals surface area contributed by atoms with Crippen molar-refractivity contribution in [1.82, 2.24) is 0 Å². The minimum atomic E-state index is -1.16. The summed E-state index contributed by atoms with van der Waals surface area (Å²) in [5, 5.41) is 17.6. The number of hydrogen-bond donors (Lipinski definition) is 0. The van der Waals surface area contributed by atoms with Crippen LogP contribution in [0, 0.1) is 34.3 Å². The fourth-order valence-corrected chi connectivity index (χ4v) is 1.82. The first-order chi connectivity index (χ1) is 11.0. The number of nitrogens with zero attached hydrogens (tertiary/aromatic N) is 2. The lowest BCUT2D eigenvalue weighted by atomic mass is 10.1. The minimum Gasteiger partial charge on any atom is -0.465 e. The molecule has 5 nitrogen and oxygen atoms in total. The Morgan fingerprint density at radius 1 is 1.13 bits per heavy atom. The molecule has 2 rings (SSSR count). The van der Waals surface area contributed by atoms with Crippen molar-refractivity contribution in [3.8, 4) is 23.6 Å². The highest BCUT2D eigenvalue weighted by Gasteiger charge is 2.20. The Hall–Kier alpha value is -3.45. The zero-order valence-electron chi connectivity index (χ0n) is 11.8. The molecular weight excluding hydrogens is 306 g/mol. The maximum atomic E-state index is 14.2. The molecule has 0 aromatic heterocycles. The second-order valence-electron chi connectivity index (χ2n) is 4.27. The molecule has 0 bridgehead atoms.